The Hall–Kier alpha value is -2.09. The number of rotatable bonds is 6. The van der Waals surface area contributed by atoms with Crippen molar-refractivity contribution >= 4 is 17.7 Å². The number of anilines is 2. The van der Waals surface area contributed by atoms with Gasteiger partial charge in [-0.15, -0.1) is 0 Å². The first kappa shape index (κ1) is 18.7. The van der Waals surface area contributed by atoms with Crippen molar-refractivity contribution in [1.29, 1.82) is 0 Å². The van der Waals surface area contributed by atoms with E-state index in [2.05, 4.69) is 14.9 Å². The van der Waals surface area contributed by atoms with Gasteiger partial charge in [-0.1, -0.05) is 0 Å². The van der Waals surface area contributed by atoms with Gasteiger partial charge in [0, 0.05) is 57.8 Å². The number of aromatic nitrogens is 2. The molecule has 2 aliphatic heterocycles. The fourth-order valence-electron chi connectivity index (χ4n) is 4.14. The topological polar surface area (TPSA) is 93.8 Å². The Labute approximate surface area is 154 Å². The highest BCUT2D eigenvalue weighted by atomic mass is 16.5. The number of nitrogens with zero attached hydrogens (tertiary/aromatic N) is 4. The lowest BCUT2D eigenvalue weighted by Gasteiger charge is -2.48. The zero-order chi connectivity index (χ0) is 18.6. The van der Waals surface area contributed by atoms with Crippen LogP contribution in [0, 0.1) is 5.41 Å². The van der Waals surface area contributed by atoms with Crippen molar-refractivity contribution in [3.8, 4) is 5.88 Å². The Kier molecular flexibility index (Phi) is 5.80. The number of amides is 1. The van der Waals surface area contributed by atoms with E-state index in [1.54, 1.807) is 14.2 Å². The molecular weight excluding hydrogens is 334 g/mol. The number of hydrogen-bond acceptors (Lipinski definition) is 7. The summed E-state index contributed by atoms with van der Waals surface area (Å²) in [6.07, 6.45) is 4.64. The number of nitrogens with two attached hydrogens (primary N) is 1. The second kappa shape index (κ2) is 8.07. The van der Waals surface area contributed by atoms with E-state index < -0.39 is 0 Å². The lowest BCUT2D eigenvalue weighted by Crippen LogP contribution is -2.54. The van der Waals surface area contributed by atoms with E-state index in [-0.39, 0.29) is 17.3 Å². The first-order valence-corrected chi connectivity index (χ1v) is 9.25. The molecule has 144 valence electrons. The summed E-state index contributed by atoms with van der Waals surface area (Å²) in [4.78, 5) is 25.0. The Morgan fingerprint density at radius 1 is 1.27 bits per heavy atom. The van der Waals surface area contributed by atoms with Crippen molar-refractivity contribution in [2.45, 2.75) is 32.1 Å². The smallest absolute Gasteiger partial charge is 0.225 e. The molecule has 0 aromatic carbocycles. The lowest BCUT2D eigenvalue weighted by molar-refractivity contribution is -0.138. The largest absolute Gasteiger partial charge is 0.481 e. The number of hydrogen-bond donors (Lipinski definition) is 1. The molecule has 26 heavy (non-hydrogen) atoms. The van der Waals surface area contributed by atoms with E-state index in [0.29, 0.717) is 18.9 Å². The third-order valence-electron chi connectivity index (χ3n) is 5.43. The van der Waals surface area contributed by atoms with Gasteiger partial charge >= 0.3 is 0 Å². The molecule has 3 rings (SSSR count). The van der Waals surface area contributed by atoms with Crippen molar-refractivity contribution in [1.82, 2.24) is 14.9 Å². The van der Waals surface area contributed by atoms with E-state index in [1.165, 1.54) is 0 Å². The standard InChI is InChI=1S/C18H29N5O3/c1-25-10-4-9-23-13-18(7-5-16(23)24)6-3-8-22(12-18)14-11-15(26-2)21-17(19)20-14/h11H,3-10,12-13H2,1-2H3,(H2,19,20,21)/t18-/m1/s1. The molecule has 8 heteroatoms. The van der Waals surface area contributed by atoms with Gasteiger partial charge in [-0.2, -0.15) is 9.97 Å². The molecule has 2 fully saturated rings. The Bertz CT molecular complexity index is 641. The number of nitrogen functional groups attached to an aromatic ring is 1. The molecule has 0 saturated carbocycles. The minimum Gasteiger partial charge on any atom is -0.481 e. The van der Waals surface area contributed by atoms with Crippen LogP contribution in [0.4, 0.5) is 11.8 Å². The van der Waals surface area contributed by atoms with E-state index in [4.69, 9.17) is 15.2 Å². The van der Waals surface area contributed by atoms with Gasteiger partial charge in [0.1, 0.15) is 5.82 Å². The molecule has 0 bridgehead atoms. The van der Waals surface area contributed by atoms with Gasteiger partial charge in [0.05, 0.1) is 7.11 Å². The van der Waals surface area contributed by atoms with Crippen LogP contribution >= 0.6 is 0 Å². The van der Waals surface area contributed by atoms with Crippen LogP contribution in [0.2, 0.25) is 0 Å². The van der Waals surface area contributed by atoms with E-state index in [0.717, 1.165) is 57.7 Å². The zero-order valence-electron chi connectivity index (χ0n) is 15.7. The highest BCUT2D eigenvalue weighted by Crippen LogP contribution is 2.40. The molecule has 1 aromatic heterocycles. The maximum atomic E-state index is 12.3. The number of ether oxygens (including phenoxy) is 2. The number of piperidine rings is 2. The minimum absolute atomic E-state index is 0.117. The third-order valence-corrected chi connectivity index (χ3v) is 5.43. The number of carbonyl (C=O) groups excluding carboxylic acids is 1. The molecule has 0 radical (unpaired) electrons. The Morgan fingerprint density at radius 3 is 2.88 bits per heavy atom. The Morgan fingerprint density at radius 2 is 2.12 bits per heavy atom. The quantitative estimate of drug-likeness (QED) is 0.762. The number of likely N-dealkylation sites (tertiary alicyclic amines) is 1. The van der Waals surface area contributed by atoms with Gasteiger partial charge in [0.15, 0.2) is 0 Å². The third kappa shape index (κ3) is 4.17. The maximum Gasteiger partial charge on any atom is 0.225 e. The van der Waals surface area contributed by atoms with Crippen LogP contribution in [-0.4, -0.2) is 67.8 Å². The molecule has 1 spiro atoms. The molecule has 3 heterocycles. The summed E-state index contributed by atoms with van der Waals surface area (Å²) in [6.45, 7) is 4.06. The van der Waals surface area contributed by atoms with Gasteiger partial charge in [0.2, 0.25) is 17.7 Å². The lowest BCUT2D eigenvalue weighted by atomic mass is 9.73. The van der Waals surface area contributed by atoms with E-state index >= 15 is 0 Å². The molecule has 0 aliphatic carbocycles. The monoisotopic (exact) mass is 363 g/mol. The van der Waals surface area contributed by atoms with Gasteiger partial charge < -0.3 is 25.0 Å². The van der Waals surface area contributed by atoms with Crippen LogP contribution < -0.4 is 15.4 Å². The molecule has 8 nitrogen and oxygen atoms in total. The van der Waals surface area contributed by atoms with Crippen molar-refractivity contribution in [3.63, 3.8) is 0 Å². The molecular formula is C18H29N5O3. The number of carbonyl (C=O) groups is 1. The van der Waals surface area contributed by atoms with Crippen molar-refractivity contribution in [2.24, 2.45) is 5.41 Å². The number of methoxy groups -OCH3 is 2. The van der Waals surface area contributed by atoms with Gasteiger partial charge in [-0.3, -0.25) is 4.79 Å². The predicted molar refractivity (Wildman–Crippen MR) is 99.2 cm³/mol. The molecule has 2 aliphatic rings. The molecule has 2 N–H and O–H groups in total. The summed E-state index contributed by atoms with van der Waals surface area (Å²) in [5, 5.41) is 0. The molecule has 0 unspecified atom stereocenters. The normalized spacial score (nSPS) is 23.5. The molecule has 2 saturated heterocycles. The minimum atomic E-state index is 0.117. The summed E-state index contributed by atoms with van der Waals surface area (Å²) < 4.78 is 10.4. The predicted octanol–water partition coefficient (Wildman–Crippen LogP) is 1.31. The molecule has 1 amide bonds. The van der Waals surface area contributed by atoms with Crippen LogP contribution in [0.1, 0.15) is 32.1 Å². The summed E-state index contributed by atoms with van der Waals surface area (Å²) in [6, 6.07) is 1.83. The fraction of sp³-hybridized carbons (Fsp3) is 0.722. The Balaban J connectivity index is 1.72. The van der Waals surface area contributed by atoms with Gasteiger partial charge in [-0.25, -0.2) is 0 Å². The molecule has 1 atom stereocenters. The molecule has 1 aromatic rings. The van der Waals surface area contributed by atoms with Crippen molar-refractivity contribution in [2.75, 3.05) is 57.6 Å². The van der Waals surface area contributed by atoms with Gasteiger partial charge in [0.25, 0.3) is 0 Å². The first-order valence-electron chi connectivity index (χ1n) is 9.25. The average Bonchev–Trinajstić information content (AvgIpc) is 2.64. The van der Waals surface area contributed by atoms with Crippen molar-refractivity contribution in [3.05, 3.63) is 6.07 Å². The van der Waals surface area contributed by atoms with E-state index in [1.807, 2.05) is 11.0 Å². The second-order valence-electron chi connectivity index (χ2n) is 7.31. The van der Waals surface area contributed by atoms with Gasteiger partial charge in [-0.05, 0) is 25.7 Å². The average molecular weight is 363 g/mol. The van der Waals surface area contributed by atoms with Crippen LogP contribution in [-0.2, 0) is 9.53 Å². The SMILES string of the molecule is COCCCN1C[C@]2(CCCN(c3cc(OC)nc(N)n3)C2)CCC1=O. The second-order valence-corrected chi connectivity index (χ2v) is 7.31. The highest BCUT2D eigenvalue weighted by Gasteiger charge is 2.42. The van der Waals surface area contributed by atoms with E-state index in [9.17, 15) is 4.79 Å². The fourth-order valence-corrected chi connectivity index (χ4v) is 4.14. The van der Waals surface area contributed by atoms with Crippen LogP contribution in [0.5, 0.6) is 5.88 Å². The highest BCUT2D eigenvalue weighted by molar-refractivity contribution is 5.77. The van der Waals surface area contributed by atoms with Crippen LogP contribution in [0.15, 0.2) is 6.07 Å². The maximum absolute atomic E-state index is 12.3. The summed E-state index contributed by atoms with van der Waals surface area (Å²) in [5.74, 6) is 1.76. The summed E-state index contributed by atoms with van der Waals surface area (Å²) >= 11 is 0. The zero-order valence-corrected chi connectivity index (χ0v) is 15.7. The van der Waals surface area contributed by atoms with Crippen LogP contribution in [0.3, 0.4) is 0 Å². The van der Waals surface area contributed by atoms with Crippen LogP contribution in [0.25, 0.3) is 0 Å². The summed E-state index contributed by atoms with van der Waals surface area (Å²) in [5.41, 5.74) is 5.94. The first-order chi connectivity index (χ1) is 12.5. The van der Waals surface area contributed by atoms with Crippen molar-refractivity contribution < 1.29 is 14.3 Å². The summed E-state index contributed by atoms with van der Waals surface area (Å²) in [7, 11) is 3.27.